The SMILES string of the molecule is COc1ccc(NC2=C(c3ccccc3OC)C(=O)N(c3ccc(F)c(Cl)c3)C2=O)cc1. The van der Waals surface area contributed by atoms with Crippen LogP contribution in [-0.2, 0) is 9.59 Å². The first kappa shape index (κ1) is 21.4. The summed E-state index contributed by atoms with van der Waals surface area (Å²) in [6.45, 7) is 0. The van der Waals surface area contributed by atoms with Gasteiger partial charge in [-0.05, 0) is 48.5 Å². The first-order valence-electron chi connectivity index (χ1n) is 9.57. The number of anilines is 2. The van der Waals surface area contributed by atoms with Crippen LogP contribution in [0.4, 0.5) is 15.8 Å². The Morgan fingerprint density at radius 2 is 1.62 bits per heavy atom. The number of methoxy groups -OCH3 is 2. The van der Waals surface area contributed by atoms with Crippen LogP contribution in [0, 0.1) is 5.82 Å². The van der Waals surface area contributed by atoms with Gasteiger partial charge in [0.15, 0.2) is 0 Å². The molecule has 162 valence electrons. The molecule has 1 heterocycles. The lowest BCUT2D eigenvalue weighted by molar-refractivity contribution is -0.120. The van der Waals surface area contributed by atoms with Crippen molar-refractivity contribution in [1.29, 1.82) is 0 Å². The zero-order valence-electron chi connectivity index (χ0n) is 17.2. The predicted molar refractivity (Wildman–Crippen MR) is 120 cm³/mol. The van der Waals surface area contributed by atoms with E-state index in [1.54, 1.807) is 55.6 Å². The van der Waals surface area contributed by atoms with Crippen molar-refractivity contribution in [3.05, 3.63) is 88.8 Å². The third kappa shape index (κ3) is 3.78. The molecule has 8 heteroatoms. The molecule has 1 N–H and O–H groups in total. The maximum atomic E-state index is 13.7. The largest absolute Gasteiger partial charge is 0.497 e. The number of halogens is 2. The van der Waals surface area contributed by atoms with Gasteiger partial charge in [-0.1, -0.05) is 29.8 Å². The highest BCUT2D eigenvalue weighted by Gasteiger charge is 2.41. The van der Waals surface area contributed by atoms with E-state index in [1.165, 1.54) is 19.2 Å². The molecule has 0 atom stereocenters. The van der Waals surface area contributed by atoms with E-state index in [0.29, 0.717) is 22.7 Å². The summed E-state index contributed by atoms with van der Waals surface area (Å²) in [5.74, 6) is -0.765. The van der Waals surface area contributed by atoms with Crippen molar-refractivity contribution < 1.29 is 23.5 Å². The van der Waals surface area contributed by atoms with Crippen molar-refractivity contribution in [1.82, 2.24) is 0 Å². The lowest BCUT2D eigenvalue weighted by atomic mass is 10.0. The lowest BCUT2D eigenvalue weighted by Crippen LogP contribution is -2.32. The van der Waals surface area contributed by atoms with Gasteiger partial charge in [0.05, 0.1) is 30.5 Å². The molecule has 6 nitrogen and oxygen atoms in total. The fourth-order valence-electron chi connectivity index (χ4n) is 3.42. The third-order valence-electron chi connectivity index (χ3n) is 4.98. The van der Waals surface area contributed by atoms with E-state index in [0.717, 1.165) is 11.0 Å². The van der Waals surface area contributed by atoms with Crippen LogP contribution in [0.5, 0.6) is 11.5 Å². The molecule has 4 rings (SSSR count). The van der Waals surface area contributed by atoms with Crippen LogP contribution in [0.25, 0.3) is 5.57 Å². The summed E-state index contributed by atoms with van der Waals surface area (Å²) in [6, 6.07) is 17.5. The van der Waals surface area contributed by atoms with Gasteiger partial charge in [-0.3, -0.25) is 9.59 Å². The highest BCUT2D eigenvalue weighted by molar-refractivity contribution is 6.46. The first-order chi connectivity index (χ1) is 15.4. The molecule has 0 spiro atoms. The van der Waals surface area contributed by atoms with E-state index in [-0.39, 0.29) is 22.0 Å². The molecule has 0 aromatic heterocycles. The minimum Gasteiger partial charge on any atom is -0.497 e. The maximum Gasteiger partial charge on any atom is 0.282 e. The summed E-state index contributed by atoms with van der Waals surface area (Å²) in [6.07, 6.45) is 0. The highest BCUT2D eigenvalue weighted by atomic mass is 35.5. The summed E-state index contributed by atoms with van der Waals surface area (Å²) in [4.78, 5) is 27.8. The van der Waals surface area contributed by atoms with Gasteiger partial charge in [0.25, 0.3) is 11.8 Å². The number of nitrogens with zero attached hydrogens (tertiary/aromatic N) is 1. The van der Waals surface area contributed by atoms with Crippen LogP contribution in [-0.4, -0.2) is 26.0 Å². The van der Waals surface area contributed by atoms with Crippen LogP contribution < -0.4 is 19.7 Å². The zero-order chi connectivity index (χ0) is 22.8. The zero-order valence-corrected chi connectivity index (χ0v) is 17.9. The van der Waals surface area contributed by atoms with E-state index in [4.69, 9.17) is 21.1 Å². The van der Waals surface area contributed by atoms with E-state index < -0.39 is 17.6 Å². The average molecular weight is 453 g/mol. The number of nitrogens with one attached hydrogen (secondary N) is 1. The molecule has 0 unspecified atom stereocenters. The van der Waals surface area contributed by atoms with Crippen molar-refractivity contribution in [3.63, 3.8) is 0 Å². The normalized spacial score (nSPS) is 13.6. The minimum absolute atomic E-state index is 0.0603. The van der Waals surface area contributed by atoms with Crippen molar-refractivity contribution >= 4 is 40.4 Å². The second kappa shape index (κ2) is 8.72. The Labute approximate surface area is 188 Å². The predicted octanol–water partition coefficient (Wildman–Crippen LogP) is 4.89. The second-order valence-electron chi connectivity index (χ2n) is 6.85. The monoisotopic (exact) mass is 452 g/mol. The van der Waals surface area contributed by atoms with Crippen LogP contribution >= 0.6 is 11.6 Å². The van der Waals surface area contributed by atoms with Gasteiger partial charge < -0.3 is 14.8 Å². The Hall–Kier alpha value is -3.84. The van der Waals surface area contributed by atoms with Gasteiger partial charge in [0, 0.05) is 11.3 Å². The van der Waals surface area contributed by atoms with Gasteiger partial charge >= 0.3 is 0 Å². The Bertz CT molecular complexity index is 1240. The van der Waals surface area contributed by atoms with Crippen LogP contribution in [0.1, 0.15) is 5.56 Å². The average Bonchev–Trinajstić information content (AvgIpc) is 3.05. The molecule has 0 bridgehead atoms. The van der Waals surface area contributed by atoms with E-state index in [2.05, 4.69) is 5.32 Å². The summed E-state index contributed by atoms with van der Waals surface area (Å²) in [5.41, 5.74) is 1.37. The number of ether oxygens (including phenoxy) is 2. The smallest absolute Gasteiger partial charge is 0.282 e. The molecule has 3 aromatic carbocycles. The number of amides is 2. The Balaban J connectivity index is 1.84. The molecule has 32 heavy (non-hydrogen) atoms. The number of para-hydroxylation sites is 1. The summed E-state index contributed by atoms with van der Waals surface area (Å²) < 4.78 is 24.3. The molecule has 0 radical (unpaired) electrons. The van der Waals surface area contributed by atoms with Gasteiger partial charge in [0.2, 0.25) is 0 Å². The molecule has 0 fully saturated rings. The van der Waals surface area contributed by atoms with Gasteiger partial charge in [-0.2, -0.15) is 0 Å². The van der Waals surface area contributed by atoms with Crippen LogP contribution in [0.15, 0.2) is 72.4 Å². The number of benzene rings is 3. The van der Waals surface area contributed by atoms with Crippen LogP contribution in [0.2, 0.25) is 5.02 Å². The summed E-state index contributed by atoms with van der Waals surface area (Å²) in [5, 5.41) is 2.85. The fraction of sp³-hybridized carbons (Fsp3) is 0.0833. The molecule has 1 aliphatic heterocycles. The Morgan fingerprint density at radius 1 is 0.906 bits per heavy atom. The van der Waals surface area contributed by atoms with Crippen molar-refractivity contribution in [2.24, 2.45) is 0 Å². The number of hydrogen-bond acceptors (Lipinski definition) is 5. The van der Waals surface area contributed by atoms with Crippen molar-refractivity contribution in [3.8, 4) is 11.5 Å². The minimum atomic E-state index is -0.649. The number of carbonyl (C=O) groups excluding carboxylic acids is 2. The van der Waals surface area contributed by atoms with Gasteiger partial charge in [-0.15, -0.1) is 0 Å². The quantitative estimate of drug-likeness (QED) is 0.539. The summed E-state index contributed by atoms with van der Waals surface area (Å²) in [7, 11) is 3.03. The van der Waals surface area contributed by atoms with Gasteiger partial charge in [0.1, 0.15) is 23.0 Å². The molecule has 0 saturated heterocycles. The lowest BCUT2D eigenvalue weighted by Gasteiger charge is -2.16. The summed E-state index contributed by atoms with van der Waals surface area (Å²) >= 11 is 5.90. The third-order valence-corrected chi connectivity index (χ3v) is 5.27. The molecular weight excluding hydrogens is 435 g/mol. The number of hydrogen-bond donors (Lipinski definition) is 1. The molecular formula is C24H18ClFN2O4. The molecule has 3 aromatic rings. The van der Waals surface area contributed by atoms with E-state index in [9.17, 15) is 14.0 Å². The van der Waals surface area contributed by atoms with Gasteiger partial charge in [-0.25, -0.2) is 9.29 Å². The fourth-order valence-corrected chi connectivity index (χ4v) is 3.60. The Kier molecular flexibility index (Phi) is 5.83. The Morgan fingerprint density at radius 3 is 2.28 bits per heavy atom. The van der Waals surface area contributed by atoms with Crippen LogP contribution in [0.3, 0.4) is 0 Å². The molecule has 1 aliphatic rings. The van der Waals surface area contributed by atoms with Crippen molar-refractivity contribution in [2.45, 2.75) is 0 Å². The number of carbonyl (C=O) groups is 2. The first-order valence-corrected chi connectivity index (χ1v) is 9.95. The van der Waals surface area contributed by atoms with Crippen molar-refractivity contribution in [2.75, 3.05) is 24.4 Å². The molecule has 0 saturated carbocycles. The second-order valence-corrected chi connectivity index (χ2v) is 7.26. The number of imide groups is 1. The molecule has 0 aliphatic carbocycles. The van der Waals surface area contributed by atoms with E-state index >= 15 is 0 Å². The van der Waals surface area contributed by atoms with E-state index in [1.807, 2.05) is 0 Å². The highest BCUT2D eigenvalue weighted by Crippen LogP contribution is 2.38. The standard InChI is InChI=1S/C24H18ClFN2O4/c1-31-16-10-7-14(8-11-16)27-22-21(17-5-3-4-6-20(17)32-2)23(29)28(24(22)30)15-9-12-19(26)18(25)13-15/h3-13,27H,1-2H3. The molecule has 2 amide bonds. The maximum absolute atomic E-state index is 13.7. The topological polar surface area (TPSA) is 67.9 Å². The number of rotatable bonds is 6.